The van der Waals surface area contributed by atoms with Crippen LogP contribution in [0.4, 0.5) is 10.5 Å². The highest BCUT2D eigenvalue weighted by molar-refractivity contribution is 5.89. The van der Waals surface area contributed by atoms with Gasteiger partial charge in [-0.1, -0.05) is 12.1 Å². The van der Waals surface area contributed by atoms with E-state index in [1.807, 2.05) is 28.1 Å². The Morgan fingerprint density at radius 2 is 2.03 bits per heavy atom. The number of pyridine rings is 1. The Kier molecular flexibility index (Phi) is 5.66. The molecule has 7 nitrogen and oxygen atoms in total. The van der Waals surface area contributed by atoms with Gasteiger partial charge in [-0.15, -0.1) is 0 Å². The topological polar surface area (TPSA) is 89.3 Å². The molecule has 4 rings (SSSR count). The molecule has 2 aliphatic heterocycles. The van der Waals surface area contributed by atoms with Gasteiger partial charge in [-0.3, -0.25) is 9.78 Å². The first-order valence-corrected chi connectivity index (χ1v) is 10.3. The number of piperidine rings is 2. The van der Waals surface area contributed by atoms with Crippen LogP contribution in [0.25, 0.3) is 0 Å². The highest BCUT2D eigenvalue weighted by Gasteiger charge is 2.41. The number of amides is 3. The zero-order chi connectivity index (χ0) is 21.0. The van der Waals surface area contributed by atoms with E-state index in [4.69, 9.17) is 5.26 Å². The number of likely N-dealkylation sites (tertiary alicyclic amines) is 2. The largest absolute Gasteiger partial charge is 0.338 e. The third-order valence-electron chi connectivity index (χ3n) is 6.20. The standard InChI is InChI=1S/C23H25N5O2/c24-14-18-3-1-5-20(13-18)26-22(30)27-11-8-23(9-12-27)7-6-21(29)28(17-23)16-19-4-2-10-25-15-19/h1-5,10,13,15H,6-9,11-12,16-17H2,(H,26,30). The van der Waals surface area contributed by atoms with E-state index in [1.165, 1.54) is 0 Å². The predicted molar refractivity (Wildman–Crippen MR) is 112 cm³/mol. The predicted octanol–water partition coefficient (Wildman–Crippen LogP) is 3.39. The van der Waals surface area contributed by atoms with Crippen LogP contribution in [0.5, 0.6) is 0 Å². The molecule has 0 aliphatic carbocycles. The molecule has 0 atom stereocenters. The number of carbonyl (C=O) groups excluding carboxylic acids is 2. The first kappa shape index (κ1) is 19.9. The number of nitrogens with one attached hydrogen (secondary N) is 1. The van der Waals surface area contributed by atoms with E-state index in [0.717, 1.165) is 31.4 Å². The molecule has 7 heteroatoms. The maximum Gasteiger partial charge on any atom is 0.321 e. The van der Waals surface area contributed by atoms with Crippen LogP contribution in [-0.4, -0.2) is 46.4 Å². The Balaban J connectivity index is 1.35. The van der Waals surface area contributed by atoms with Crippen LogP contribution in [0, 0.1) is 16.7 Å². The summed E-state index contributed by atoms with van der Waals surface area (Å²) in [4.78, 5) is 33.0. The van der Waals surface area contributed by atoms with Gasteiger partial charge in [-0.2, -0.15) is 5.26 Å². The number of hydrogen-bond acceptors (Lipinski definition) is 4. The van der Waals surface area contributed by atoms with Crippen molar-refractivity contribution in [2.45, 2.75) is 32.2 Å². The van der Waals surface area contributed by atoms with Crippen molar-refractivity contribution in [3.63, 3.8) is 0 Å². The second-order valence-electron chi connectivity index (χ2n) is 8.22. The third kappa shape index (κ3) is 4.43. The Morgan fingerprint density at radius 3 is 2.77 bits per heavy atom. The van der Waals surface area contributed by atoms with E-state index in [2.05, 4.69) is 16.4 Å². The highest BCUT2D eigenvalue weighted by atomic mass is 16.2. The zero-order valence-corrected chi connectivity index (χ0v) is 16.9. The van der Waals surface area contributed by atoms with Gasteiger partial charge in [-0.05, 0) is 54.5 Å². The van der Waals surface area contributed by atoms with Gasteiger partial charge in [0.15, 0.2) is 0 Å². The molecular formula is C23H25N5O2. The molecular weight excluding hydrogens is 378 g/mol. The lowest BCUT2D eigenvalue weighted by atomic mass is 9.72. The molecule has 0 unspecified atom stereocenters. The van der Waals surface area contributed by atoms with Crippen molar-refractivity contribution in [3.05, 3.63) is 59.9 Å². The van der Waals surface area contributed by atoms with E-state index >= 15 is 0 Å². The normalized spacial score (nSPS) is 18.2. The highest BCUT2D eigenvalue weighted by Crippen LogP contribution is 2.40. The summed E-state index contributed by atoms with van der Waals surface area (Å²) in [6.45, 7) is 2.66. The number of anilines is 1. The van der Waals surface area contributed by atoms with Gasteiger partial charge in [-0.25, -0.2) is 4.79 Å². The lowest BCUT2D eigenvalue weighted by Gasteiger charge is -2.47. The molecule has 1 spiro atoms. The van der Waals surface area contributed by atoms with Crippen molar-refractivity contribution in [2.75, 3.05) is 25.0 Å². The van der Waals surface area contributed by atoms with Gasteiger partial charge in [0.25, 0.3) is 0 Å². The number of nitriles is 1. The lowest BCUT2D eigenvalue weighted by molar-refractivity contribution is -0.139. The van der Waals surface area contributed by atoms with Crippen LogP contribution in [0.2, 0.25) is 0 Å². The number of benzene rings is 1. The van der Waals surface area contributed by atoms with Crippen molar-refractivity contribution in [2.24, 2.45) is 5.41 Å². The number of aromatic nitrogens is 1. The van der Waals surface area contributed by atoms with E-state index < -0.39 is 0 Å². The Hall–Kier alpha value is -3.40. The number of carbonyl (C=O) groups is 2. The molecule has 3 heterocycles. The van der Waals surface area contributed by atoms with Crippen molar-refractivity contribution < 1.29 is 9.59 Å². The summed E-state index contributed by atoms with van der Waals surface area (Å²) in [6, 6.07) is 12.8. The minimum Gasteiger partial charge on any atom is -0.338 e. The average Bonchev–Trinajstić information content (AvgIpc) is 2.78. The molecule has 0 radical (unpaired) electrons. The SMILES string of the molecule is N#Cc1cccc(NC(=O)N2CCC3(CCC(=O)N(Cc4cccnc4)C3)CC2)c1. The molecule has 154 valence electrons. The first-order valence-electron chi connectivity index (χ1n) is 10.3. The van der Waals surface area contributed by atoms with Crippen molar-refractivity contribution in [3.8, 4) is 6.07 Å². The Bertz CT molecular complexity index is 961. The quantitative estimate of drug-likeness (QED) is 0.851. The van der Waals surface area contributed by atoms with Crippen LogP contribution in [0.3, 0.4) is 0 Å². The smallest absolute Gasteiger partial charge is 0.321 e. The number of rotatable bonds is 3. The summed E-state index contributed by atoms with van der Waals surface area (Å²) >= 11 is 0. The van der Waals surface area contributed by atoms with Gasteiger partial charge in [0, 0.05) is 50.7 Å². The number of nitrogens with zero attached hydrogens (tertiary/aromatic N) is 4. The van der Waals surface area contributed by atoms with Gasteiger partial charge in [0.05, 0.1) is 11.6 Å². The molecule has 2 aliphatic rings. The molecule has 2 aromatic rings. The molecule has 2 fully saturated rings. The van der Waals surface area contributed by atoms with E-state index in [-0.39, 0.29) is 17.4 Å². The summed E-state index contributed by atoms with van der Waals surface area (Å²) in [5, 5.41) is 11.9. The first-order chi connectivity index (χ1) is 14.6. The summed E-state index contributed by atoms with van der Waals surface area (Å²) < 4.78 is 0. The van der Waals surface area contributed by atoms with Crippen LogP contribution >= 0.6 is 0 Å². The lowest BCUT2D eigenvalue weighted by Crippen LogP contribution is -2.52. The van der Waals surface area contributed by atoms with Crippen LogP contribution < -0.4 is 5.32 Å². The Labute approximate surface area is 176 Å². The molecule has 0 bridgehead atoms. The molecule has 1 aromatic heterocycles. The fourth-order valence-corrected chi connectivity index (χ4v) is 4.42. The monoisotopic (exact) mass is 403 g/mol. The minimum atomic E-state index is -0.140. The minimum absolute atomic E-state index is 0.0770. The average molecular weight is 403 g/mol. The maximum absolute atomic E-state index is 12.7. The van der Waals surface area contributed by atoms with Crippen molar-refractivity contribution in [1.82, 2.24) is 14.8 Å². The Morgan fingerprint density at radius 1 is 1.20 bits per heavy atom. The van der Waals surface area contributed by atoms with E-state index in [9.17, 15) is 9.59 Å². The number of hydrogen-bond donors (Lipinski definition) is 1. The van der Waals surface area contributed by atoms with Crippen molar-refractivity contribution in [1.29, 1.82) is 5.26 Å². The van der Waals surface area contributed by atoms with Gasteiger partial charge < -0.3 is 15.1 Å². The van der Waals surface area contributed by atoms with Gasteiger partial charge in [0.2, 0.25) is 5.91 Å². The number of urea groups is 1. The van der Waals surface area contributed by atoms with Crippen LogP contribution in [0.15, 0.2) is 48.8 Å². The zero-order valence-electron chi connectivity index (χ0n) is 16.9. The summed E-state index contributed by atoms with van der Waals surface area (Å²) in [5.74, 6) is 0.196. The molecule has 2 saturated heterocycles. The summed E-state index contributed by atoms with van der Waals surface area (Å²) in [5.41, 5.74) is 2.27. The molecule has 0 saturated carbocycles. The van der Waals surface area contributed by atoms with Gasteiger partial charge >= 0.3 is 6.03 Å². The molecule has 1 N–H and O–H groups in total. The van der Waals surface area contributed by atoms with Crippen LogP contribution in [-0.2, 0) is 11.3 Å². The van der Waals surface area contributed by atoms with E-state index in [1.54, 1.807) is 30.5 Å². The van der Waals surface area contributed by atoms with E-state index in [0.29, 0.717) is 37.3 Å². The van der Waals surface area contributed by atoms with Gasteiger partial charge in [0.1, 0.15) is 0 Å². The fourth-order valence-electron chi connectivity index (χ4n) is 4.42. The fraction of sp³-hybridized carbons (Fsp3) is 0.391. The molecule has 3 amide bonds. The van der Waals surface area contributed by atoms with Crippen molar-refractivity contribution >= 4 is 17.6 Å². The summed E-state index contributed by atoms with van der Waals surface area (Å²) in [6.07, 6.45) is 6.76. The maximum atomic E-state index is 12.7. The molecule has 30 heavy (non-hydrogen) atoms. The second kappa shape index (κ2) is 8.54. The third-order valence-corrected chi connectivity index (χ3v) is 6.20. The summed E-state index contributed by atoms with van der Waals surface area (Å²) in [7, 11) is 0. The molecule has 1 aromatic carbocycles. The second-order valence-corrected chi connectivity index (χ2v) is 8.22. The van der Waals surface area contributed by atoms with Crippen LogP contribution in [0.1, 0.15) is 36.8 Å².